The van der Waals surface area contributed by atoms with Crippen molar-refractivity contribution in [2.24, 2.45) is 0 Å². The van der Waals surface area contributed by atoms with Gasteiger partial charge in [-0.3, -0.25) is 9.69 Å². The Morgan fingerprint density at radius 2 is 1.85 bits per heavy atom. The Bertz CT molecular complexity index is 178. The van der Waals surface area contributed by atoms with E-state index in [0.29, 0.717) is 6.04 Å². The van der Waals surface area contributed by atoms with E-state index in [4.69, 9.17) is 0 Å². The molecule has 0 N–H and O–H groups in total. The Morgan fingerprint density at radius 1 is 1.08 bits per heavy atom. The molecule has 0 aromatic carbocycles. The first-order valence-corrected chi connectivity index (χ1v) is 5.33. The van der Waals surface area contributed by atoms with Crippen LogP contribution in [-0.2, 0) is 4.79 Å². The molecule has 0 spiro atoms. The average molecular weight is 182 g/mol. The van der Waals surface area contributed by atoms with Gasteiger partial charge in [-0.1, -0.05) is 6.42 Å². The Hall–Kier alpha value is -0.570. The zero-order chi connectivity index (χ0) is 9.10. The SMILES string of the molecule is O=CN1CCC(N2CCCCC2)C1. The zero-order valence-corrected chi connectivity index (χ0v) is 8.11. The molecule has 0 bridgehead atoms. The molecule has 1 unspecified atom stereocenters. The highest BCUT2D eigenvalue weighted by Gasteiger charge is 2.27. The van der Waals surface area contributed by atoms with E-state index in [1.165, 1.54) is 38.8 Å². The molecule has 0 radical (unpaired) electrons. The zero-order valence-electron chi connectivity index (χ0n) is 8.11. The minimum absolute atomic E-state index is 0.658. The topological polar surface area (TPSA) is 23.6 Å². The van der Waals surface area contributed by atoms with Crippen molar-refractivity contribution in [3.8, 4) is 0 Å². The molecule has 1 amide bonds. The van der Waals surface area contributed by atoms with Crippen LogP contribution in [0.25, 0.3) is 0 Å². The van der Waals surface area contributed by atoms with Crippen molar-refractivity contribution in [2.75, 3.05) is 26.2 Å². The Balaban J connectivity index is 1.83. The monoisotopic (exact) mass is 182 g/mol. The van der Waals surface area contributed by atoms with Crippen LogP contribution in [0.5, 0.6) is 0 Å². The molecule has 3 nitrogen and oxygen atoms in total. The van der Waals surface area contributed by atoms with E-state index < -0.39 is 0 Å². The summed E-state index contributed by atoms with van der Waals surface area (Å²) in [6.45, 7) is 4.42. The quantitative estimate of drug-likeness (QED) is 0.587. The van der Waals surface area contributed by atoms with Gasteiger partial charge in [-0.05, 0) is 32.4 Å². The summed E-state index contributed by atoms with van der Waals surface area (Å²) < 4.78 is 0. The van der Waals surface area contributed by atoms with Gasteiger partial charge < -0.3 is 4.90 Å². The van der Waals surface area contributed by atoms with E-state index in [1.807, 2.05) is 4.90 Å². The normalized spacial score (nSPS) is 30.8. The lowest BCUT2D eigenvalue weighted by molar-refractivity contribution is -0.117. The summed E-state index contributed by atoms with van der Waals surface area (Å²) in [5.41, 5.74) is 0. The van der Waals surface area contributed by atoms with Gasteiger partial charge in [0.25, 0.3) is 0 Å². The highest BCUT2D eigenvalue weighted by Crippen LogP contribution is 2.18. The molecule has 0 saturated carbocycles. The molecule has 3 heteroatoms. The first kappa shape index (κ1) is 9.00. The van der Waals surface area contributed by atoms with Gasteiger partial charge in [0.2, 0.25) is 6.41 Å². The third-order valence-corrected chi connectivity index (χ3v) is 3.25. The fraction of sp³-hybridized carbons (Fsp3) is 0.900. The Kier molecular flexibility index (Phi) is 2.83. The van der Waals surface area contributed by atoms with Gasteiger partial charge in [0.05, 0.1) is 0 Å². The number of carbonyl (C=O) groups excluding carboxylic acids is 1. The number of rotatable bonds is 2. The molecule has 0 aliphatic carbocycles. The number of hydrogen-bond donors (Lipinski definition) is 0. The molecule has 0 aromatic heterocycles. The summed E-state index contributed by atoms with van der Waals surface area (Å²) in [6, 6.07) is 0.658. The number of nitrogens with zero attached hydrogens (tertiary/aromatic N) is 2. The highest BCUT2D eigenvalue weighted by molar-refractivity contribution is 5.47. The van der Waals surface area contributed by atoms with Crippen LogP contribution in [0.1, 0.15) is 25.7 Å². The van der Waals surface area contributed by atoms with Crippen LogP contribution in [0, 0.1) is 0 Å². The molecule has 2 rings (SSSR count). The van der Waals surface area contributed by atoms with Crippen LogP contribution in [0.4, 0.5) is 0 Å². The van der Waals surface area contributed by atoms with E-state index in [0.717, 1.165) is 19.5 Å². The predicted molar refractivity (Wildman–Crippen MR) is 51.5 cm³/mol. The molecule has 2 heterocycles. The molecule has 2 saturated heterocycles. The summed E-state index contributed by atoms with van der Waals surface area (Å²) in [6.07, 6.45) is 6.25. The van der Waals surface area contributed by atoms with Gasteiger partial charge in [-0.15, -0.1) is 0 Å². The first-order chi connectivity index (χ1) is 6.40. The van der Waals surface area contributed by atoms with Crippen LogP contribution in [0.15, 0.2) is 0 Å². The molecule has 2 aliphatic rings. The second kappa shape index (κ2) is 4.09. The summed E-state index contributed by atoms with van der Waals surface area (Å²) in [4.78, 5) is 15.0. The van der Waals surface area contributed by atoms with Gasteiger partial charge in [0.1, 0.15) is 0 Å². The molecular weight excluding hydrogens is 164 g/mol. The lowest BCUT2D eigenvalue weighted by atomic mass is 10.1. The lowest BCUT2D eigenvalue weighted by Gasteiger charge is -2.31. The van der Waals surface area contributed by atoms with Crippen molar-refractivity contribution in [3.63, 3.8) is 0 Å². The van der Waals surface area contributed by atoms with E-state index in [1.54, 1.807) is 0 Å². The third-order valence-electron chi connectivity index (χ3n) is 3.25. The van der Waals surface area contributed by atoms with E-state index in [2.05, 4.69) is 4.90 Å². The number of likely N-dealkylation sites (tertiary alicyclic amines) is 2. The van der Waals surface area contributed by atoms with Crippen molar-refractivity contribution in [2.45, 2.75) is 31.7 Å². The second-order valence-electron chi connectivity index (χ2n) is 4.14. The Morgan fingerprint density at radius 3 is 2.46 bits per heavy atom. The number of carbonyl (C=O) groups is 1. The summed E-state index contributed by atoms with van der Waals surface area (Å²) in [5, 5.41) is 0. The van der Waals surface area contributed by atoms with Crippen LogP contribution >= 0.6 is 0 Å². The predicted octanol–water partition coefficient (Wildman–Crippen LogP) is 0.703. The van der Waals surface area contributed by atoms with Crippen molar-refractivity contribution in [3.05, 3.63) is 0 Å². The molecule has 0 aromatic rings. The second-order valence-corrected chi connectivity index (χ2v) is 4.14. The molecule has 1 atom stereocenters. The highest BCUT2D eigenvalue weighted by atomic mass is 16.1. The first-order valence-electron chi connectivity index (χ1n) is 5.33. The minimum atomic E-state index is 0.658. The van der Waals surface area contributed by atoms with Crippen LogP contribution in [0.3, 0.4) is 0 Å². The minimum Gasteiger partial charge on any atom is -0.344 e. The van der Waals surface area contributed by atoms with E-state index >= 15 is 0 Å². The maximum absolute atomic E-state index is 10.5. The van der Waals surface area contributed by atoms with Crippen LogP contribution in [-0.4, -0.2) is 48.4 Å². The largest absolute Gasteiger partial charge is 0.344 e. The van der Waals surface area contributed by atoms with Crippen molar-refractivity contribution in [1.29, 1.82) is 0 Å². The van der Waals surface area contributed by atoms with Gasteiger partial charge >= 0.3 is 0 Å². The maximum atomic E-state index is 10.5. The van der Waals surface area contributed by atoms with Crippen molar-refractivity contribution in [1.82, 2.24) is 9.80 Å². The van der Waals surface area contributed by atoms with E-state index in [9.17, 15) is 4.79 Å². The number of hydrogen-bond acceptors (Lipinski definition) is 2. The molecular formula is C10H18N2O. The van der Waals surface area contributed by atoms with Crippen LogP contribution in [0.2, 0.25) is 0 Å². The van der Waals surface area contributed by atoms with Crippen molar-refractivity contribution < 1.29 is 4.79 Å². The van der Waals surface area contributed by atoms with Gasteiger partial charge in [-0.25, -0.2) is 0 Å². The molecule has 2 fully saturated rings. The van der Waals surface area contributed by atoms with Gasteiger partial charge in [0.15, 0.2) is 0 Å². The van der Waals surface area contributed by atoms with E-state index in [-0.39, 0.29) is 0 Å². The Labute approximate surface area is 79.7 Å². The van der Waals surface area contributed by atoms with Crippen molar-refractivity contribution >= 4 is 6.41 Å². The summed E-state index contributed by atoms with van der Waals surface area (Å²) >= 11 is 0. The summed E-state index contributed by atoms with van der Waals surface area (Å²) in [7, 11) is 0. The van der Waals surface area contributed by atoms with Crippen LogP contribution < -0.4 is 0 Å². The van der Waals surface area contributed by atoms with Gasteiger partial charge in [0, 0.05) is 19.1 Å². The standard InChI is InChI=1S/C10H18N2O/c13-9-11-7-4-10(8-11)12-5-2-1-3-6-12/h9-10H,1-8H2. The number of amides is 1. The smallest absolute Gasteiger partial charge is 0.209 e. The maximum Gasteiger partial charge on any atom is 0.209 e. The number of piperidine rings is 1. The average Bonchev–Trinajstić information content (AvgIpc) is 2.67. The molecule has 2 aliphatic heterocycles. The fourth-order valence-electron chi connectivity index (χ4n) is 2.45. The third kappa shape index (κ3) is 2.02. The fourth-order valence-corrected chi connectivity index (χ4v) is 2.45. The molecule has 13 heavy (non-hydrogen) atoms. The van der Waals surface area contributed by atoms with Gasteiger partial charge in [-0.2, -0.15) is 0 Å². The molecule has 74 valence electrons. The lowest BCUT2D eigenvalue weighted by Crippen LogP contribution is -2.40. The summed E-state index contributed by atoms with van der Waals surface area (Å²) in [5.74, 6) is 0.